The van der Waals surface area contributed by atoms with Gasteiger partial charge < -0.3 is 9.29 Å². The summed E-state index contributed by atoms with van der Waals surface area (Å²) < 4.78 is 24.1. The van der Waals surface area contributed by atoms with Gasteiger partial charge in [-0.1, -0.05) is 12.1 Å². The smallest absolute Gasteiger partial charge is 0.152 e. The summed E-state index contributed by atoms with van der Waals surface area (Å²) in [5.74, 6) is 1.16. The fourth-order valence-electron chi connectivity index (χ4n) is 1.23. The van der Waals surface area contributed by atoms with Crippen LogP contribution < -0.4 is 4.74 Å². The topological polar surface area (TPSA) is 46.5 Å². The summed E-state index contributed by atoms with van der Waals surface area (Å²) in [7, 11) is 1.63. The van der Waals surface area contributed by atoms with E-state index in [1.165, 1.54) is 0 Å². The number of rotatable bonds is 5. The van der Waals surface area contributed by atoms with Crippen molar-refractivity contribution >= 4 is 11.1 Å². The molecule has 0 aliphatic heterocycles. The number of hydrogen-bond acceptors (Lipinski definition) is 2. The summed E-state index contributed by atoms with van der Waals surface area (Å²) in [4.78, 5) is 0. The third-order valence-electron chi connectivity index (χ3n) is 1.92. The third-order valence-corrected chi connectivity index (χ3v) is 2.56. The van der Waals surface area contributed by atoms with Gasteiger partial charge in [-0.2, -0.15) is 0 Å². The maximum absolute atomic E-state index is 10.4. The summed E-state index contributed by atoms with van der Waals surface area (Å²) in [6, 6.07) is 7.74. The number of aryl methyl sites for hydroxylation is 1. The van der Waals surface area contributed by atoms with Crippen LogP contribution in [0.4, 0.5) is 0 Å². The zero-order valence-electron chi connectivity index (χ0n) is 8.10. The maximum atomic E-state index is 10.4. The Morgan fingerprint density at radius 1 is 1.50 bits per heavy atom. The maximum Gasteiger partial charge on any atom is 0.152 e. The molecule has 1 atom stereocenters. The van der Waals surface area contributed by atoms with Gasteiger partial charge in [-0.3, -0.25) is 0 Å². The first-order valence-electron chi connectivity index (χ1n) is 4.43. The summed E-state index contributed by atoms with van der Waals surface area (Å²) in [5, 5.41) is 0. The van der Waals surface area contributed by atoms with Gasteiger partial charge in [-0.15, -0.1) is 0 Å². The molecule has 3 nitrogen and oxygen atoms in total. The van der Waals surface area contributed by atoms with Crippen molar-refractivity contribution in [2.75, 3.05) is 12.9 Å². The summed E-state index contributed by atoms with van der Waals surface area (Å²) in [6.45, 7) is 0. The van der Waals surface area contributed by atoms with E-state index in [9.17, 15) is 4.21 Å². The van der Waals surface area contributed by atoms with Crippen molar-refractivity contribution in [1.82, 2.24) is 0 Å². The lowest BCUT2D eigenvalue weighted by molar-refractivity contribution is 0.414. The molecule has 0 saturated heterocycles. The largest absolute Gasteiger partial charge is 0.497 e. The minimum absolute atomic E-state index is 0.331. The van der Waals surface area contributed by atoms with E-state index < -0.39 is 11.1 Å². The van der Waals surface area contributed by atoms with E-state index in [4.69, 9.17) is 9.29 Å². The van der Waals surface area contributed by atoms with Gasteiger partial charge in [0.2, 0.25) is 0 Å². The summed E-state index contributed by atoms with van der Waals surface area (Å²) in [5.41, 5.74) is 1.13. The van der Waals surface area contributed by atoms with Crippen LogP contribution in [0.1, 0.15) is 12.0 Å². The van der Waals surface area contributed by atoms with Gasteiger partial charge in [0, 0.05) is 5.75 Å². The molecular weight excluding hydrogens is 200 g/mol. The lowest BCUT2D eigenvalue weighted by atomic mass is 10.1. The van der Waals surface area contributed by atoms with Crippen LogP contribution >= 0.6 is 0 Å². The molecule has 1 unspecified atom stereocenters. The molecule has 0 aromatic heterocycles. The predicted molar refractivity (Wildman–Crippen MR) is 57.0 cm³/mol. The zero-order valence-corrected chi connectivity index (χ0v) is 8.92. The molecule has 1 aromatic rings. The molecule has 0 amide bonds. The fourth-order valence-corrected chi connectivity index (χ4v) is 1.62. The van der Waals surface area contributed by atoms with E-state index in [2.05, 4.69) is 0 Å². The highest BCUT2D eigenvalue weighted by Gasteiger charge is 1.98. The van der Waals surface area contributed by atoms with Gasteiger partial charge in [0.1, 0.15) is 5.75 Å². The minimum Gasteiger partial charge on any atom is -0.497 e. The van der Waals surface area contributed by atoms with Crippen LogP contribution in [0.3, 0.4) is 0 Å². The van der Waals surface area contributed by atoms with Crippen LogP contribution in [0.2, 0.25) is 0 Å². The SMILES string of the molecule is COc1cccc(CCCS(=O)O)c1. The molecule has 0 radical (unpaired) electrons. The molecule has 0 aliphatic carbocycles. The molecule has 0 saturated carbocycles. The number of methoxy groups -OCH3 is 1. The second-order valence-electron chi connectivity index (χ2n) is 2.98. The van der Waals surface area contributed by atoms with Gasteiger partial charge in [-0.25, -0.2) is 4.21 Å². The second-order valence-corrected chi connectivity index (χ2v) is 4.03. The van der Waals surface area contributed by atoms with E-state index in [1.54, 1.807) is 7.11 Å². The Labute approximate surface area is 86.4 Å². The Morgan fingerprint density at radius 3 is 2.93 bits per heavy atom. The van der Waals surface area contributed by atoms with Crippen LogP contribution in [-0.4, -0.2) is 21.6 Å². The first-order valence-corrected chi connectivity index (χ1v) is 5.70. The zero-order chi connectivity index (χ0) is 10.4. The molecule has 1 rings (SSSR count). The molecule has 1 aromatic carbocycles. The highest BCUT2D eigenvalue weighted by Crippen LogP contribution is 2.13. The lowest BCUT2D eigenvalue weighted by Gasteiger charge is -2.03. The lowest BCUT2D eigenvalue weighted by Crippen LogP contribution is -1.97. The number of ether oxygens (including phenoxy) is 1. The Hall–Kier alpha value is -0.870. The Morgan fingerprint density at radius 2 is 2.29 bits per heavy atom. The second kappa shape index (κ2) is 5.78. The van der Waals surface area contributed by atoms with Crippen LogP contribution in [-0.2, 0) is 17.5 Å². The van der Waals surface area contributed by atoms with E-state index in [0.717, 1.165) is 24.2 Å². The molecule has 0 heterocycles. The van der Waals surface area contributed by atoms with Crippen molar-refractivity contribution in [3.63, 3.8) is 0 Å². The van der Waals surface area contributed by atoms with E-state index in [-0.39, 0.29) is 0 Å². The number of hydrogen-bond donors (Lipinski definition) is 1. The van der Waals surface area contributed by atoms with E-state index in [1.807, 2.05) is 24.3 Å². The van der Waals surface area contributed by atoms with E-state index in [0.29, 0.717) is 5.75 Å². The highest BCUT2D eigenvalue weighted by atomic mass is 32.2. The summed E-state index contributed by atoms with van der Waals surface area (Å²) in [6.07, 6.45) is 1.53. The van der Waals surface area contributed by atoms with Crippen molar-refractivity contribution in [3.05, 3.63) is 29.8 Å². The van der Waals surface area contributed by atoms with Gasteiger partial charge in [0.25, 0.3) is 0 Å². The van der Waals surface area contributed by atoms with Crippen molar-refractivity contribution in [1.29, 1.82) is 0 Å². The van der Waals surface area contributed by atoms with Crippen molar-refractivity contribution in [2.24, 2.45) is 0 Å². The average Bonchev–Trinajstić information content (AvgIpc) is 2.18. The Balaban J connectivity index is 2.46. The van der Waals surface area contributed by atoms with Crippen LogP contribution in [0.5, 0.6) is 5.75 Å². The molecular formula is C10H14O3S. The van der Waals surface area contributed by atoms with Crippen molar-refractivity contribution in [3.8, 4) is 5.75 Å². The molecule has 4 heteroatoms. The Bertz CT molecular complexity index is 312. The minimum atomic E-state index is -1.68. The molecule has 1 N–H and O–H groups in total. The first kappa shape index (κ1) is 11.2. The molecule has 0 fully saturated rings. The standard InChI is InChI=1S/C10H14O3S/c1-13-10-6-2-4-9(8-10)5-3-7-14(11)12/h2,4,6,8H,3,5,7H2,1H3,(H,11,12). The first-order chi connectivity index (χ1) is 6.72. The monoisotopic (exact) mass is 214 g/mol. The molecule has 0 aliphatic rings. The van der Waals surface area contributed by atoms with E-state index >= 15 is 0 Å². The van der Waals surface area contributed by atoms with Gasteiger partial charge in [0.05, 0.1) is 7.11 Å². The molecule has 78 valence electrons. The van der Waals surface area contributed by atoms with Gasteiger partial charge in [0.15, 0.2) is 11.1 Å². The van der Waals surface area contributed by atoms with Crippen molar-refractivity contribution in [2.45, 2.75) is 12.8 Å². The number of benzene rings is 1. The normalized spacial score (nSPS) is 12.4. The van der Waals surface area contributed by atoms with Crippen LogP contribution in [0.25, 0.3) is 0 Å². The average molecular weight is 214 g/mol. The molecule has 0 spiro atoms. The Kier molecular flexibility index (Phi) is 4.62. The van der Waals surface area contributed by atoms with Crippen molar-refractivity contribution < 1.29 is 13.5 Å². The quantitative estimate of drug-likeness (QED) is 0.761. The predicted octanol–water partition coefficient (Wildman–Crippen LogP) is 1.85. The fraction of sp³-hybridized carbons (Fsp3) is 0.400. The highest BCUT2D eigenvalue weighted by molar-refractivity contribution is 7.79. The van der Waals surface area contributed by atoms with Gasteiger partial charge >= 0.3 is 0 Å². The molecule has 0 bridgehead atoms. The van der Waals surface area contributed by atoms with Gasteiger partial charge in [-0.05, 0) is 30.5 Å². The van der Waals surface area contributed by atoms with Crippen LogP contribution in [0.15, 0.2) is 24.3 Å². The molecule has 14 heavy (non-hydrogen) atoms. The third kappa shape index (κ3) is 3.89. The van der Waals surface area contributed by atoms with Crippen LogP contribution in [0, 0.1) is 0 Å². The summed E-state index contributed by atoms with van der Waals surface area (Å²) >= 11 is -1.68.